The first-order valence-corrected chi connectivity index (χ1v) is 12.2. The fourth-order valence-electron chi connectivity index (χ4n) is 4.90. The Labute approximate surface area is 199 Å². The lowest BCUT2D eigenvalue weighted by molar-refractivity contribution is 0.0599. The molecule has 3 heterocycles. The monoisotopic (exact) mass is 464 g/mol. The average molecular weight is 465 g/mol. The van der Waals surface area contributed by atoms with Gasteiger partial charge in [-0.25, -0.2) is 4.98 Å². The van der Waals surface area contributed by atoms with Crippen LogP contribution in [-0.2, 0) is 16.7 Å². The second-order valence-corrected chi connectivity index (χ2v) is 10.5. The fourth-order valence-corrected chi connectivity index (χ4v) is 5.72. The molecule has 1 aliphatic heterocycles. The Morgan fingerprint density at radius 1 is 1.33 bits per heavy atom. The van der Waals surface area contributed by atoms with Gasteiger partial charge in [0, 0.05) is 42.6 Å². The van der Waals surface area contributed by atoms with Gasteiger partial charge in [-0.15, -0.1) is 11.3 Å². The van der Waals surface area contributed by atoms with Crippen LogP contribution >= 0.6 is 11.3 Å². The first-order chi connectivity index (χ1) is 15.8. The standard InChI is InChI=1S/C26H32N4O2S/c1-6-18-14-19(8-9-22(18)26(2,3)4)25(31)30-21(16-29-12-7-10-28-29)15-20(17-32-5)23(30)24-27-11-13-33-24/h6-14,20-21,23H,1,15-17H2,2-5H3/t20-,21?,23-/m1/s1. The third-order valence-electron chi connectivity index (χ3n) is 6.32. The predicted octanol–water partition coefficient (Wildman–Crippen LogP) is 5.20. The molecule has 174 valence electrons. The van der Waals surface area contributed by atoms with Crippen LogP contribution in [0.1, 0.15) is 59.7 Å². The minimum absolute atomic E-state index is 0.00881. The zero-order valence-corrected chi connectivity index (χ0v) is 20.6. The van der Waals surface area contributed by atoms with Crippen LogP contribution in [0, 0.1) is 5.92 Å². The van der Waals surface area contributed by atoms with Crippen LogP contribution < -0.4 is 0 Å². The molecule has 0 radical (unpaired) electrons. The van der Waals surface area contributed by atoms with Crippen molar-refractivity contribution < 1.29 is 9.53 Å². The lowest BCUT2D eigenvalue weighted by atomic mass is 9.83. The molecule has 3 atom stereocenters. The summed E-state index contributed by atoms with van der Waals surface area (Å²) in [6, 6.07) is 7.75. The highest BCUT2D eigenvalue weighted by Crippen LogP contribution is 2.43. The molecule has 1 aliphatic rings. The van der Waals surface area contributed by atoms with E-state index in [2.05, 4.69) is 43.5 Å². The number of ether oxygens (including phenoxy) is 1. The summed E-state index contributed by atoms with van der Waals surface area (Å²) in [6.45, 7) is 11.7. The average Bonchev–Trinajstić information content (AvgIpc) is 3.54. The van der Waals surface area contributed by atoms with E-state index >= 15 is 0 Å². The smallest absolute Gasteiger partial charge is 0.254 e. The largest absolute Gasteiger partial charge is 0.384 e. The number of aromatic nitrogens is 3. The third-order valence-corrected chi connectivity index (χ3v) is 7.16. The second kappa shape index (κ2) is 9.61. The highest BCUT2D eigenvalue weighted by molar-refractivity contribution is 7.09. The van der Waals surface area contributed by atoms with E-state index in [0.29, 0.717) is 18.7 Å². The number of rotatable bonds is 7. The van der Waals surface area contributed by atoms with E-state index in [1.165, 1.54) is 5.56 Å². The molecule has 1 unspecified atom stereocenters. The van der Waals surface area contributed by atoms with Crippen LogP contribution in [0.15, 0.2) is 54.8 Å². The van der Waals surface area contributed by atoms with Crippen molar-refractivity contribution in [3.63, 3.8) is 0 Å². The number of amides is 1. The number of likely N-dealkylation sites (tertiary alicyclic amines) is 1. The first kappa shape index (κ1) is 23.4. The van der Waals surface area contributed by atoms with Gasteiger partial charge in [-0.05, 0) is 41.2 Å². The van der Waals surface area contributed by atoms with Gasteiger partial charge in [0.05, 0.1) is 25.2 Å². The van der Waals surface area contributed by atoms with Crippen LogP contribution in [0.25, 0.3) is 6.08 Å². The van der Waals surface area contributed by atoms with Crippen molar-refractivity contribution in [3.05, 3.63) is 76.5 Å². The van der Waals surface area contributed by atoms with E-state index < -0.39 is 0 Å². The van der Waals surface area contributed by atoms with E-state index in [1.54, 1.807) is 30.8 Å². The molecule has 0 spiro atoms. The molecule has 0 saturated carbocycles. The van der Waals surface area contributed by atoms with Crippen LogP contribution in [-0.4, -0.2) is 45.3 Å². The molecule has 6 nitrogen and oxygen atoms in total. The van der Waals surface area contributed by atoms with Gasteiger partial charge in [-0.1, -0.05) is 39.5 Å². The number of carbonyl (C=O) groups is 1. The van der Waals surface area contributed by atoms with Crippen molar-refractivity contribution >= 4 is 23.3 Å². The third kappa shape index (κ3) is 4.80. The van der Waals surface area contributed by atoms with Gasteiger partial charge in [0.1, 0.15) is 5.01 Å². The van der Waals surface area contributed by atoms with E-state index in [-0.39, 0.29) is 29.3 Å². The topological polar surface area (TPSA) is 60.2 Å². The highest BCUT2D eigenvalue weighted by Gasteiger charge is 2.46. The summed E-state index contributed by atoms with van der Waals surface area (Å²) in [5, 5.41) is 7.31. The summed E-state index contributed by atoms with van der Waals surface area (Å²) in [7, 11) is 1.72. The van der Waals surface area contributed by atoms with Crippen molar-refractivity contribution in [2.24, 2.45) is 5.92 Å². The van der Waals surface area contributed by atoms with Crippen molar-refractivity contribution in [2.75, 3.05) is 13.7 Å². The summed E-state index contributed by atoms with van der Waals surface area (Å²) in [5.74, 6) is 0.174. The Kier molecular flexibility index (Phi) is 6.81. The molecule has 1 fully saturated rings. The van der Waals surface area contributed by atoms with Crippen molar-refractivity contribution in [1.82, 2.24) is 19.7 Å². The Morgan fingerprint density at radius 2 is 2.15 bits per heavy atom. The van der Waals surface area contributed by atoms with Crippen LogP contribution in [0.2, 0.25) is 0 Å². The Bertz CT molecular complexity index is 1090. The number of methoxy groups -OCH3 is 1. The van der Waals surface area contributed by atoms with Gasteiger partial charge in [-0.3, -0.25) is 9.48 Å². The lowest BCUT2D eigenvalue weighted by Gasteiger charge is -2.31. The Morgan fingerprint density at radius 3 is 2.76 bits per heavy atom. The minimum atomic E-state index is -0.132. The minimum Gasteiger partial charge on any atom is -0.384 e. The SMILES string of the molecule is C=Cc1cc(C(=O)N2C(Cn3cccn3)C[C@H](COC)[C@@H]2c2nccs2)ccc1C(C)(C)C. The maximum absolute atomic E-state index is 14.1. The number of benzene rings is 1. The summed E-state index contributed by atoms with van der Waals surface area (Å²) < 4.78 is 7.46. The quantitative estimate of drug-likeness (QED) is 0.482. The molecule has 1 amide bonds. The van der Waals surface area contributed by atoms with Gasteiger partial charge in [0.2, 0.25) is 0 Å². The second-order valence-electron chi connectivity index (χ2n) is 9.62. The molecule has 7 heteroatoms. The summed E-state index contributed by atoms with van der Waals surface area (Å²) in [5.41, 5.74) is 2.81. The molecule has 0 bridgehead atoms. The van der Waals surface area contributed by atoms with E-state index in [4.69, 9.17) is 4.74 Å². The molecule has 1 aromatic carbocycles. The Hall–Kier alpha value is -2.77. The van der Waals surface area contributed by atoms with Crippen molar-refractivity contribution in [1.29, 1.82) is 0 Å². The number of carbonyl (C=O) groups excluding carboxylic acids is 1. The highest BCUT2D eigenvalue weighted by atomic mass is 32.1. The maximum Gasteiger partial charge on any atom is 0.254 e. The van der Waals surface area contributed by atoms with Crippen molar-refractivity contribution in [3.8, 4) is 0 Å². The van der Waals surface area contributed by atoms with Crippen LogP contribution in [0.4, 0.5) is 0 Å². The number of nitrogens with zero attached hydrogens (tertiary/aromatic N) is 4. The van der Waals surface area contributed by atoms with Gasteiger partial charge in [0.15, 0.2) is 0 Å². The van der Waals surface area contributed by atoms with E-state index in [9.17, 15) is 4.79 Å². The lowest BCUT2D eigenvalue weighted by Crippen LogP contribution is -2.40. The first-order valence-electron chi connectivity index (χ1n) is 11.3. The zero-order chi connectivity index (χ0) is 23.6. The maximum atomic E-state index is 14.1. The molecule has 1 saturated heterocycles. The number of hydrogen-bond acceptors (Lipinski definition) is 5. The van der Waals surface area contributed by atoms with Crippen molar-refractivity contribution in [2.45, 2.75) is 51.2 Å². The summed E-state index contributed by atoms with van der Waals surface area (Å²) >= 11 is 1.59. The summed E-state index contributed by atoms with van der Waals surface area (Å²) in [6.07, 6.45) is 8.19. The molecule has 0 N–H and O–H groups in total. The molecular formula is C26H32N4O2S. The molecule has 33 heavy (non-hydrogen) atoms. The van der Waals surface area contributed by atoms with Gasteiger partial charge in [0.25, 0.3) is 5.91 Å². The van der Waals surface area contributed by atoms with Crippen LogP contribution in [0.3, 0.4) is 0 Å². The molecular weight excluding hydrogens is 432 g/mol. The Balaban J connectivity index is 1.75. The van der Waals surface area contributed by atoms with Gasteiger partial charge >= 0.3 is 0 Å². The summed E-state index contributed by atoms with van der Waals surface area (Å²) in [4.78, 5) is 20.7. The fraction of sp³-hybridized carbons (Fsp3) is 0.423. The number of thiazole rings is 1. The molecule has 4 rings (SSSR count). The van der Waals surface area contributed by atoms with Crippen LogP contribution in [0.5, 0.6) is 0 Å². The zero-order valence-electron chi connectivity index (χ0n) is 19.8. The predicted molar refractivity (Wildman–Crippen MR) is 132 cm³/mol. The van der Waals surface area contributed by atoms with E-state index in [0.717, 1.165) is 17.0 Å². The van der Waals surface area contributed by atoms with Gasteiger partial charge < -0.3 is 9.64 Å². The van der Waals surface area contributed by atoms with E-state index in [1.807, 2.05) is 45.4 Å². The normalized spacial score (nSPS) is 20.8. The molecule has 0 aliphatic carbocycles. The molecule has 2 aromatic heterocycles. The van der Waals surface area contributed by atoms with Gasteiger partial charge in [-0.2, -0.15) is 5.10 Å². The molecule has 3 aromatic rings. The number of hydrogen-bond donors (Lipinski definition) is 0.